The molecule has 3 rings (SSSR count). The van der Waals surface area contributed by atoms with Crippen molar-refractivity contribution >= 4 is 10.0 Å². The largest absolute Gasteiger partial charge is 0.496 e. The van der Waals surface area contributed by atoms with Crippen molar-refractivity contribution in [3.05, 3.63) is 71.3 Å². The smallest absolute Gasteiger partial charge is 0.241 e. The second kappa shape index (κ2) is 7.54. The Bertz CT molecular complexity index is 1070. The van der Waals surface area contributed by atoms with E-state index in [9.17, 15) is 8.42 Å². The Kier molecular flexibility index (Phi) is 5.34. The van der Waals surface area contributed by atoms with Gasteiger partial charge in [-0.1, -0.05) is 18.2 Å². The fourth-order valence-electron chi connectivity index (χ4n) is 3.06. The van der Waals surface area contributed by atoms with Gasteiger partial charge in [0.25, 0.3) is 0 Å². The van der Waals surface area contributed by atoms with Gasteiger partial charge in [0.05, 0.1) is 17.7 Å². The van der Waals surface area contributed by atoms with Crippen LogP contribution in [0.3, 0.4) is 0 Å². The second-order valence-electron chi connectivity index (χ2n) is 6.31. The summed E-state index contributed by atoms with van der Waals surface area (Å²) in [7, 11) is -2.09. The van der Waals surface area contributed by atoms with E-state index < -0.39 is 10.0 Å². The molecule has 0 aliphatic rings. The van der Waals surface area contributed by atoms with E-state index in [2.05, 4.69) is 9.71 Å². The van der Waals surface area contributed by atoms with Gasteiger partial charge in [-0.3, -0.25) is 0 Å². The van der Waals surface area contributed by atoms with Crippen LogP contribution in [0.1, 0.15) is 22.5 Å². The summed E-state index contributed by atoms with van der Waals surface area (Å²) in [6.45, 7) is 5.73. The topological polar surface area (TPSA) is 73.2 Å². The van der Waals surface area contributed by atoms with Crippen molar-refractivity contribution in [1.82, 2.24) is 14.3 Å². The number of hydrogen-bond acceptors (Lipinski definition) is 4. The number of para-hydroxylation sites is 1. The number of hydrogen-bond donors (Lipinski definition) is 1. The molecule has 7 heteroatoms. The maximum Gasteiger partial charge on any atom is 0.241 e. The lowest BCUT2D eigenvalue weighted by Crippen LogP contribution is -2.25. The molecule has 6 nitrogen and oxygen atoms in total. The summed E-state index contributed by atoms with van der Waals surface area (Å²) < 4.78 is 35.7. The first-order valence-electron chi connectivity index (χ1n) is 8.57. The number of aryl methyl sites for hydroxylation is 1. The molecular weight excluding hydrogens is 362 g/mol. The first-order valence-corrected chi connectivity index (χ1v) is 10.1. The van der Waals surface area contributed by atoms with Crippen molar-refractivity contribution in [2.24, 2.45) is 0 Å². The van der Waals surface area contributed by atoms with Crippen LogP contribution in [0.15, 0.2) is 53.7 Å². The minimum atomic E-state index is -3.66. The van der Waals surface area contributed by atoms with E-state index in [4.69, 9.17) is 4.74 Å². The molecule has 142 valence electrons. The number of ether oxygens (including phenoxy) is 1. The number of aromatic nitrogens is 2. The molecular formula is C20H23N3O3S. The van der Waals surface area contributed by atoms with Crippen molar-refractivity contribution < 1.29 is 13.2 Å². The predicted molar refractivity (Wildman–Crippen MR) is 105 cm³/mol. The first-order chi connectivity index (χ1) is 12.8. The van der Waals surface area contributed by atoms with Crippen LogP contribution >= 0.6 is 0 Å². The molecule has 0 spiro atoms. The van der Waals surface area contributed by atoms with Gasteiger partial charge in [0, 0.05) is 18.9 Å². The van der Waals surface area contributed by atoms with Crippen molar-refractivity contribution in [1.29, 1.82) is 0 Å². The van der Waals surface area contributed by atoms with Gasteiger partial charge in [-0.25, -0.2) is 18.1 Å². The van der Waals surface area contributed by atoms with Gasteiger partial charge in [-0.15, -0.1) is 0 Å². The van der Waals surface area contributed by atoms with Gasteiger partial charge in [0.2, 0.25) is 10.0 Å². The third-order valence-electron chi connectivity index (χ3n) is 4.73. The van der Waals surface area contributed by atoms with Crippen molar-refractivity contribution in [2.75, 3.05) is 7.11 Å². The van der Waals surface area contributed by atoms with Crippen LogP contribution in [0.25, 0.3) is 5.69 Å². The Balaban J connectivity index is 1.90. The Morgan fingerprint density at radius 2 is 1.81 bits per heavy atom. The normalized spacial score (nSPS) is 11.6. The van der Waals surface area contributed by atoms with Crippen LogP contribution < -0.4 is 9.46 Å². The molecule has 27 heavy (non-hydrogen) atoms. The van der Waals surface area contributed by atoms with Crippen molar-refractivity contribution in [3.63, 3.8) is 0 Å². The minimum absolute atomic E-state index is 0.181. The quantitative estimate of drug-likeness (QED) is 0.707. The molecule has 0 bridgehead atoms. The summed E-state index contributed by atoms with van der Waals surface area (Å²) >= 11 is 0. The first kappa shape index (κ1) is 19.1. The highest BCUT2D eigenvalue weighted by molar-refractivity contribution is 7.89. The van der Waals surface area contributed by atoms with Crippen LogP contribution in [0.4, 0.5) is 0 Å². The van der Waals surface area contributed by atoms with E-state index in [1.807, 2.05) is 48.9 Å². The zero-order valence-corrected chi connectivity index (χ0v) is 16.7. The summed E-state index contributed by atoms with van der Waals surface area (Å²) in [5, 5.41) is 0. The van der Waals surface area contributed by atoms with E-state index in [0.717, 1.165) is 22.6 Å². The molecule has 2 aromatic carbocycles. The molecule has 1 heterocycles. The maximum absolute atomic E-state index is 12.9. The number of rotatable bonds is 6. The molecule has 0 saturated heterocycles. The SMILES string of the molecule is COc1ccc(S(=O)(=O)NCc2ccccc2-n2ccnc2C)c(C)c1C. The average molecular weight is 385 g/mol. The van der Waals surface area contributed by atoms with E-state index in [1.54, 1.807) is 32.4 Å². The molecule has 0 radical (unpaired) electrons. The molecule has 0 unspecified atom stereocenters. The van der Waals surface area contributed by atoms with Gasteiger partial charge >= 0.3 is 0 Å². The van der Waals surface area contributed by atoms with E-state index in [-0.39, 0.29) is 11.4 Å². The highest BCUT2D eigenvalue weighted by Crippen LogP contribution is 2.27. The van der Waals surface area contributed by atoms with Gasteiger partial charge in [-0.2, -0.15) is 0 Å². The van der Waals surface area contributed by atoms with Crippen molar-refractivity contribution in [3.8, 4) is 11.4 Å². The molecule has 1 aromatic heterocycles. The number of methoxy groups -OCH3 is 1. The predicted octanol–water partition coefficient (Wildman–Crippen LogP) is 3.28. The van der Waals surface area contributed by atoms with E-state index in [1.165, 1.54) is 0 Å². The summed E-state index contributed by atoms with van der Waals surface area (Å²) in [6.07, 6.45) is 3.58. The number of nitrogens with one attached hydrogen (secondary N) is 1. The molecule has 1 N–H and O–H groups in total. The summed E-state index contributed by atoms with van der Waals surface area (Å²) in [6, 6.07) is 10.9. The third kappa shape index (κ3) is 3.74. The van der Waals surface area contributed by atoms with Crippen LogP contribution in [0.5, 0.6) is 5.75 Å². The molecule has 0 saturated carbocycles. The molecule has 0 aliphatic carbocycles. The fraction of sp³-hybridized carbons (Fsp3) is 0.250. The second-order valence-corrected chi connectivity index (χ2v) is 8.05. The molecule has 3 aromatic rings. The maximum atomic E-state index is 12.9. The standard InChI is InChI=1S/C20H23N3O3S/c1-14-15(2)20(10-9-19(14)26-4)27(24,25)22-13-17-7-5-6-8-18(17)23-12-11-21-16(23)3/h5-12,22H,13H2,1-4H3. The zero-order valence-electron chi connectivity index (χ0n) is 15.9. The number of imidazole rings is 1. The average Bonchev–Trinajstić information content (AvgIpc) is 3.08. The molecule has 0 atom stereocenters. The van der Waals surface area contributed by atoms with Gasteiger partial charge in [0.15, 0.2) is 0 Å². The van der Waals surface area contributed by atoms with Crippen LogP contribution in [0.2, 0.25) is 0 Å². The Morgan fingerprint density at radius 1 is 1.07 bits per heavy atom. The number of benzene rings is 2. The monoisotopic (exact) mass is 385 g/mol. The summed E-state index contributed by atoms with van der Waals surface area (Å²) in [5.74, 6) is 1.51. The molecule has 0 aliphatic heterocycles. The Labute approximate surface area is 159 Å². The fourth-order valence-corrected chi connectivity index (χ4v) is 4.37. The third-order valence-corrected chi connectivity index (χ3v) is 6.27. The number of nitrogens with zero attached hydrogens (tertiary/aromatic N) is 2. The zero-order chi connectivity index (χ0) is 19.6. The summed E-state index contributed by atoms with van der Waals surface area (Å²) in [4.78, 5) is 4.50. The summed E-state index contributed by atoms with van der Waals surface area (Å²) in [5.41, 5.74) is 3.26. The molecule has 0 amide bonds. The van der Waals surface area contributed by atoms with E-state index >= 15 is 0 Å². The van der Waals surface area contributed by atoms with Gasteiger partial charge in [0.1, 0.15) is 11.6 Å². The lowest BCUT2D eigenvalue weighted by molar-refractivity contribution is 0.410. The van der Waals surface area contributed by atoms with E-state index in [0.29, 0.717) is 11.3 Å². The minimum Gasteiger partial charge on any atom is -0.496 e. The van der Waals surface area contributed by atoms with Gasteiger partial charge < -0.3 is 9.30 Å². The lowest BCUT2D eigenvalue weighted by Gasteiger charge is -2.15. The van der Waals surface area contributed by atoms with Crippen LogP contribution in [-0.2, 0) is 16.6 Å². The highest BCUT2D eigenvalue weighted by Gasteiger charge is 2.20. The van der Waals surface area contributed by atoms with Gasteiger partial charge in [-0.05, 0) is 55.7 Å². The highest BCUT2D eigenvalue weighted by atomic mass is 32.2. The number of sulfonamides is 1. The van der Waals surface area contributed by atoms with Crippen LogP contribution in [0, 0.1) is 20.8 Å². The van der Waals surface area contributed by atoms with Crippen LogP contribution in [-0.4, -0.2) is 25.1 Å². The lowest BCUT2D eigenvalue weighted by atomic mass is 10.1. The Morgan fingerprint density at radius 3 is 2.48 bits per heavy atom. The van der Waals surface area contributed by atoms with Crippen molar-refractivity contribution in [2.45, 2.75) is 32.2 Å². The Hall–Kier alpha value is -2.64. The molecule has 0 fully saturated rings.